The number of aryl methyl sites for hydroxylation is 1. The largest absolute Gasteiger partial charge is 0.273 e. The molecule has 0 radical (unpaired) electrons. The van der Waals surface area contributed by atoms with Gasteiger partial charge in [-0.15, -0.1) is 0 Å². The Morgan fingerprint density at radius 3 is 2.62 bits per heavy atom. The maximum atomic E-state index is 10.8. The zero-order valence-corrected chi connectivity index (χ0v) is 8.72. The summed E-state index contributed by atoms with van der Waals surface area (Å²) in [5.41, 5.74) is 1.86. The summed E-state index contributed by atoms with van der Waals surface area (Å²) in [7, 11) is -1.30. The number of aromatic nitrogens is 2. The van der Waals surface area contributed by atoms with Crippen molar-refractivity contribution in [1.82, 2.24) is 14.5 Å². The number of rotatable bonds is 3. The molecule has 0 spiro atoms. The molecule has 0 aliphatic carbocycles. The van der Waals surface area contributed by atoms with E-state index in [1.807, 2.05) is 14.0 Å². The summed E-state index contributed by atoms with van der Waals surface area (Å²) in [5.74, 6) is 0. The normalized spacial score (nSPS) is 11.9. The molecule has 0 amide bonds. The van der Waals surface area contributed by atoms with Crippen molar-refractivity contribution in [3.05, 3.63) is 17.5 Å². The Bertz CT molecular complexity index is 394. The molecule has 0 saturated heterocycles. The molecule has 6 heteroatoms. The van der Waals surface area contributed by atoms with E-state index in [0.29, 0.717) is 6.54 Å². The molecule has 74 valence electrons. The number of sulfonamides is 1. The fourth-order valence-corrected chi connectivity index (χ4v) is 1.34. The highest BCUT2D eigenvalue weighted by molar-refractivity contribution is 7.88. The standard InChI is InChI=1S/C7H13N3O2S/c1-6-7(4-8-10(6)2)5-9-13(3,11)12/h4,9H,5H2,1-3H3. The molecule has 0 aliphatic heterocycles. The molecule has 0 aromatic carbocycles. The third-order valence-electron chi connectivity index (χ3n) is 1.86. The summed E-state index contributed by atoms with van der Waals surface area (Å²) < 4.78 is 25.7. The SMILES string of the molecule is Cc1c(CNS(C)(=O)=O)cnn1C. The number of hydrogen-bond acceptors (Lipinski definition) is 3. The molecule has 5 nitrogen and oxygen atoms in total. The van der Waals surface area contributed by atoms with E-state index in [2.05, 4.69) is 9.82 Å². The minimum atomic E-state index is -3.12. The van der Waals surface area contributed by atoms with Crippen molar-refractivity contribution in [3.63, 3.8) is 0 Å². The topological polar surface area (TPSA) is 64.0 Å². The minimum absolute atomic E-state index is 0.304. The molecular weight excluding hydrogens is 190 g/mol. The zero-order chi connectivity index (χ0) is 10.1. The van der Waals surface area contributed by atoms with Crippen molar-refractivity contribution in [2.45, 2.75) is 13.5 Å². The van der Waals surface area contributed by atoms with Crippen molar-refractivity contribution in [3.8, 4) is 0 Å². The summed E-state index contributed by atoms with van der Waals surface area (Å²) in [5, 5.41) is 4.00. The van der Waals surface area contributed by atoms with E-state index >= 15 is 0 Å². The highest BCUT2D eigenvalue weighted by Crippen LogP contribution is 2.04. The lowest BCUT2D eigenvalue weighted by Crippen LogP contribution is -2.21. The predicted octanol–water partition coefficient (Wildman–Crippen LogP) is -0.222. The third-order valence-corrected chi connectivity index (χ3v) is 2.53. The van der Waals surface area contributed by atoms with Crippen LogP contribution in [0.15, 0.2) is 6.20 Å². The van der Waals surface area contributed by atoms with Crippen LogP contribution < -0.4 is 4.72 Å². The van der Waals surface area contributed by atoms with Crippen LogP contribution in [0.4, 0.5) is 0 Å². The van der Waals surface area contributed by atoms with Gasteiger partial charge in [-0.2, -0.15) is 5.10 Å². The highest BCUT2D eigenvalue weighted by Gasteiger charge is 2.06. The van der Waals surface area contributed by atoms with E-state index in [-0.39, 0.29) is 0 Å². The van der Waals surface area contributed by atoms with Crippen LogP contribution in [0.1, 0.15) is 11.3 Å². The summed E-state index contributed by atoms with van der Waals surface area (Å²) >= 11 is 0. The lowest BCUT2D eigenvalue weighted by molar-refractivity contribution is 0.587. The molecule has 0 aliphatic rings. The number of nitrogens with one attached hydrogen (secondary N) is 1. The van der Waals surface area contributed by atoms with E-state index in [0.717, 1.165) is 17.5 Å². The van der Waals surface area contributed by atoms with Gasteiger partial charge in [-0.05, 0) is 6.92 Å². The zero-order valence-electron chi connectivity index (χ0n) is 7.90. The molecule has 1 heterocycles. The summed E-state index contributed by atoms with van der Waals surface area (Å²) in [6.45, 7) is 2.20. The van der Waals surface area contributed by atoms with Gasteiger partial charge in [0, 0.05) is 24.8 Å². The molecule has 1 aromatic heterocycles. The number of nitrogens with zero attached hydrogens (tertiary/aromatic N) is 2. The van der Waals surface area contributed by atoms with Crippen LogP contribution in [-0.2, 0) is 23.6 Å². The predicted molar refractivity (Wildman–Crippen MR) is 49.6 cm³/mol. The van der Waals surface area contributed by atoms with Gasteiger partial charge in [-0.3, -0.25) is 4.68 Å². The fourth-order valence-electron chi connectivity index (χ4n) is 0.927. The Morgan fingerprint density at radius 1 is 1.62 bits per heavy atom. The van der Waals surface area contributed by atoms with Crippen LogP contribution in [0, 0.1) is 6.92 Å². The van der Waals surface area contributed by atoms with Gasteiger partial charge in [0.1, 0.15) is 0 Å². The lowest BCUT2D eigenvalue weighted by Gasteiger charge is -2.01. The first-order valence-corrected chi connectivity index (χ1v) is 5.71. The first-order valence-electron chi connectivity index (χ1n) is 3.82. The molecule has 0 bridgehead atoms. The van der Waals surface area contributed by atoms with Crippen molar-refractivity contribution in [1.29, 1.82) is 0 Å². The molecule has 13 heavy (non-hydrogen) atoms. The minimum Gasteiger partial charge on any atom is -0.273 e. The van der Waals surface area contributed by atoms with Gasteiger partial charge in [-0.1, -0.05) is 0 Å². The molecule has 1 rings (SSSR count). The van der Waals surface area contributed by atoms with Gasteiger partial charge in [0.25, 0.3) is 0 Å². The van der Waals surface area contributed by atoms with E-state index in [1.54, 1.807) is 10.9 Å². The van der Waals surface area contributed by atoms with Gasteiger partial charge < -0.3 is 0 Å². The molecule has 1 aromatic rings. The van der Waals surface area contributed by atoms with Crippen LogP contribution in [0.2, 0.25) is 0 Å². The molecule has 0 saturated carbocycles. The van der Waals surface area contributed by atoms with E-state index in [4.69, 9.17) is 0 Å². The van der Waals surface area contributed by atoms with Crippen molar-refractivity contribution >= 4 is 10.0 Å². The Labute approximate surface area is 77.8 Å². The van der Waals surface area contributed by atoms with E-state index < -0.39 is 10.0 Å². The number of hydrogen-bond donors (Lipinski definition) is 1. The van der Waals surface area contributed by atoms with Gasteiger partial charge in [0.05, 0.1) is 12.5 Å². The van der Waals surface area contributed by atoms with Crippen LogP contribution in [0.5, 0.6) is 0 Å². The fraction of sp³-hybridized carbons (Fsp3) is 0.571. The lowest BCUT2D eigenvalue weighted by atomic mass is 10.3. The molecule has 0 fully saturated rings. The molecule has 0 atom stereocenters. The van der Waals surface area contributed by atoms with E-state index in [1.165, 1.54) is 0 Å². The quantitative estimate of drug-likeness (QED) is 0.738. The molecule has 0 unspecified atom stereocenters. The van der Waals surface area contributed by atoms with Gasteiger partial charge in [0.2, 0.25) is 10.0 Å². The Kier molecular flexibility index (Phi) is 2.72. The Balaban J connectivity index is 2.71. The van der Waals surface area contributed by atoms with Crippen LogP contribution in [-0.4, -0.2) is 24.5 Å². The van der Waals surface area contributed by atoms with Gasteiger partial charge in [-0.25, -0.2) is 13.1 Å². The average Bonchev–Trinajstić information content (AvgIpc) is 2.29. The highest BCUT2D eigenvalue weighted by atomic mass is 32.2. The van der Waals surface area contributed by atoms with Crippen molar-refractivity contribution in [2.24, 2.45) is 7.05 Å². The van der Waals surface area contributed by atoms with Crippen LogP contribution >= 0.6 is 0 Å². The second kappa shape index (κ2) is 3.47. The second-order valence-corrected chi connectivity index (χ2v) is 4.81. The van der Waals surface area contributed by atoms with E-state index in [9.17, 15) is 8.42 Å². The molecule has 1 N–H and O–H groups in total. The first kappa shape index (κ1) is 10.2. The van der Waals surface area contributed by atoms with Gasteiger partial charge in [0.15, 0.2) is 0 Å². The monoisotopic (exact) mass is 203 g/mol. The summed E-state index contributed by atoms with van der Waals surface area (Å²) in [4.78, 5) is 0. The van der Waals surface area contributed by atoms with Crippen molar-refractivity contribution in [2.75, 3.05) is 6.26 Å². The Morgan fingerprint density at radius 2 is 2.23 bits per heavy atom. The third kappa shape index (κ3) is 2.82. The van der Waals surface area contributed by atoms with Crippen LogP contribution in [0.25, 0.3) is 0 Å². The maximum Gasteiger partial charge on any atom is 0.209 e. The first-order chi connectivity index (χ1) is 5.90. The summed E-state index contributed by atoms with van der Waals surface area (Å²) in [6.07, 6.45) is 2.80. The average molecular weight is 203 g/mol. The Hall–Kier alpha value is -0.880. The van der Waals surface area contributed by atoms with Crippen molar-refractivity contribution < 1.29 is 8.42 Å². The van der Waals surface area contributed by atoms with Gasteiger partial charge >= 0.3 is 0 Å². The maximum absolute atomic E-state index is 10.8. The summed E-state index contributed by atoms with van der Waals surface area (Å²) in [6, 6.07) is 0. The van der Waals surface area contributed by atoms with Crippen LogP contribution in [0.3, 0.4) is 0 Å². The second-order valence-electron chi connectivity index (χ2n) is 2.97. The molecular formula is C7H13N3O2S. The smallest absolute Gasteiger partial charge is 0.209 e.